The standard InChI is InChI=1S/C12H26N2O3S/c1-4-12-10-14(7-8-17-12)18(15,16)9-5-6-13-11(2)3/h11-13H,4-10H2,1-3H3. The Morgan fingerprint density at radius 3 is 2.78 bits per heavy atom. The van der Waals surface area contributed by atoms with E-state index in [1.165, 1.54) is 0 Å². The SMILES string of the molecule is CCC1CN(S(=O)(=O)CCCNC(C)C)CCO1. The van der Waals surface area contributed by atoms with Gasteiger partial charge in [-0.3, -0.25) is 0 Å². The fourth-order valence-corrected chi connectivity index (χ4v) is 3.48. The fraction of sp³-hybridized carbons (Fsp3) is 1.00. The van der Waals surface area contributed by atoms with Crippen LogP contribution >= 0.6 is 0 Å². The maximum absolute atomic E-state index is 12.1. The molecule has 6 heteroatoms. The molecule has 1 rings (SSSR count). The Balaban J connectivity index is 2.38. The molecule has 0 saturated carbocycles. The molecule has 1 aliphatic rings. The molecule has 1 aliphatic heterocycles. The molecule has 1 atom stereocenters. The highest BCUT2D eigenvalue weighted by atomic mass is 32.2. The largest absolute Gasteiger partial charge is 0.375 e. The van der Waals surface area contributed by atoms with Gasteiger partial charge in [0.05, 0.1) is 18.5 Å². The summed E-state index contributed by atoms with van der Waals surface area (Å²) in [5, 5.41) is 3.23. The van der Waals surface area contributed by atoms with Crippen LogP contribution in [0.25, 0.3) is 0 Å². The second kappa shape index (κ2) is 7.43. The van der Waals surface area contributed by atoms with E-state index in [0.717, 1.165) is 13.0 Å². The van der Waals surface area contributed by atoms with E-state index in [1.807, 2.05) is 6.92 Å². The lowest BCUT2D eigenvalue weighted by Crippen LogP contribution is -2.46. The molecule has 0 aromatic heterocycles. The van der Waals surface area contributed by atoms with Gasteiger partial charge in [-0.15, -0.1) is 0 Å². The highest BCUT2D eigenvalue weighted by Gasteiger charge is 2.28. The quantitative estimate of drug-likeness (QED) is 0.700. The lowest BCUT2D eigenvalue weighted by atomic mass is 10.2. The Morgan fingerprint density at radius 1 is 1.44 bits per heavy atom. The number of hydrogen-bond acceptors (Lipinski definition) is 4. The van der Waals surface area contributed by atoms with Gasteiger partial charge in [-0.1, -0.05) is 20.8 Å². The Labute approximate surface area is 111 Å². The van der Waals surface area contributed by atoms with E-state index in [-0.39, 0.29) is 11.9 Å². The van der Waals surface area contributed by atoms with Gasteiger partial charge in [-0.2, -0.15) is 4.31 Å². The third kappa shape index (κ3) is 5.22. The van der Waals surface area contributed by atoms with Gasteiger partial charge in [-0.25, -0.2) is 8.42 Å². The van der Waals surface area contributed by atoms with E-state index in [4.69, 9.17) is 4.74 Å². The lowest BCUT2D eigenvalue weighted by molar-refractivity contribution is -0.00277. The molecule has 1 N–H and O–H groups in total. The van der Waals surface area contributed by atoms with Gasteiger partial charge in [0, 0.05) is 19.1 Å². The molecule has 1 fully saturated rings. The van der Waals surface area contributed by atoms with Crippen LogP contribution in [0.2, 0.25) is 0 Å². The number of ether oxygens (including phenoxy) is 1. The van der Waals surface area contributed by atoms with Crippen LogP contribution in [0.4, 0.5) is 0 Å². The van der Waals surface area contributed by atoms with Crippen LogP contribution in [0.5, 0.6) is 0 Å². The number of sulfonamides is 1. The summed E-state index contributed by atoms with van der Waals surface area (Å²) in [4.78, 5) is 0. The van der Waals surface area contributed by atoms with Crippen molar-refractivity contribution in [1.29, 1.82) is 0 Å². The van der Waals surface area contributed by atoms with Crippen molar-refractivity contribution in [2.45, 2.75) is 45.8 Å². The van der Waals surface area contributed by atoms with Crippen molar-refractivity contribution in [3.05, 3.63) is 0 Å². The molecule has 0 aromatic rings. The zero-order valence-corrected chi connectivity index (χ0v) is 12.5. The first kappa shape index (κ1) is 15.9. The van der Waals surface area contributed by atoms with Crippen LogP contribution in [0.3, 0.4) is 0 Å². The Bertz CT molecular complexity index is 330. The van der Waals surface area contributed by atoms with E-state index in [2.05, 4.69) is 19.2 Å². The summed E-state index contributed by atoms with van der Waals surface area (Å²) < 4.78 is 31.3. The molecule has 1 unspecified atom stereocenters. The van der Waals surface area contributed by atoms with Crippen LogP contribution in [-0.4, -0.2) is 56.9 Å². The van der Waals surface area contributed by atoms with E-state index in [1.54, 1.807) is 4.31 Å². The van der Waals surface area contributed by atoms with Crippen LogP contribution in [0.1, 0.15) is 33.6 Å². The molecule has 5 nitrogen and oxygen atoms in total. The predicted molar refractivity (Wildman–Crippen MR) is 73.1 cm³/mol. The average molecular weight is 278 g/mol. The molecule has 0 radical (unpaired) electrons. The van der Waals surface area contributed by atoms with Crippen molar-refractivity contribution in [3.8, 4) is 0 Å². The zero-order chi connectivity index (χ0) is 13.6. The van der Waals surface area contributed by atoms with Crippen LogP contribution in [-0.2, 0) is 14.8 Å². The number of nitrogens with zero attached hydrogens (tertiary/aromatic N) is 1. The van der Waals surface area contributed by atoms with E-state index >= 15 is 0 Å². The highest BCUT2D eigenvalue weighted by Crippen LogP contribution is 2.13. The maximum Gasteiger partial charge on any atom is 0.214 e. The van der Waals surface area contributed by atoms with Crippen LogP contribution in [0, 0.1) is 0 Å². The summed E-state index contributed by atoms with van der Waals surface area (Å²) in [5.41, 5.74) is 0. The predicted octanol–water partition coefficient (Wildman–Crippen LogP) is 0.815. The molecule has 0 bridgehead atoms. The Kier molecular flexibility index (Phi) is 6.55. The number of rotatable bonds is 7. The van der Waals surface area contributed by atoms with Crippen molar-refractivity contribution in [2.24, 2.45) is 0 Å². The summed E-state index contributed by atoms with van der Waals surface area (Å²) >= 11 is 0. The van der Waals surface area contributed by atoms with Crippen LogP contribution in [0.15, 0.2) is 0 Å². The minimum absolute atomic E-state index is 0.0577. The van der Waals surface area contributed by atoms with Gasteiger partial charge in [0.15, 0.2) is 0 Å². The molecule has 1 heterocycles. The monoisotopic (exact) mass is 278 g/mol. The van der Waals surface area contributed by atoms with Crippen molar-refractivity contribution < 1.29 is 13.2 Å². The van der Waals surface area contributed by atoms with Gasteiger partial charge < -0.3 is 10.1 Å². The van der Waals surface area contributed by atoms with Crippen molar-refractivity contribution in [2.75, 3.05) is 32.0 Å². The van der Waals surface area contributed by atoms with Gasteiger partial charge in [-0.05, 0) is 19.4 Å². The summed E-state index contributed by atoms with van der Waals surface area (Å²) in [6, 6.07) is 0.403. The highest BCUT2D eigenvalue weighted by molar-refractivity contribution is 7.89. The first-order chi connectivity index (χ1) is 8.45. The minimum atomic E-state index is -3.11. The third-order valence-electron chi connectivity index (χ3n) is 3.08. The third-order valence-corrected chi connectivity index (χ3v) is 5.00. The van der Waals surface area contributed by atoms with Gasteiger partial charge >= 0.3 is 0 Å². The summed E-state index contributed by atoms with van der Waals surface area (Å²) in [7, 11) is -3.11. The lowest BCUT2D eigenvalue weighted by Gasteiger charge is -2.31. The van der Waals surface area contributed by atoms with E-state index in [0.29, 0.717) is 32.2 Å². The minimum Gasteiger partial charge on any atom is -0.375 e. The number of morpholine rings is 1. The van der Waals surface area contributed by atoms with Crippen molar-refractivity contribution in [3.63, 3.8) is 0 Å². The maximum atomic E-state index is 12.1. The van der Waals surface area contributed by atoms with Crippen molar-refractivity contribution >= 4 is 10.0 Å². The van der Waals surface area contributed by atoms with E-state index < -0.39 is 10.0 Å². The number of nitrogens with one attached hydrogen (secondary N) is 1. The Hall–Kier alpha value is -0.170. The number of hydrogen-bond donors (Lipinski definition) is 1. The topological polar surface area (TPSA) is 58.6 Å². The fourth-order valence-electron chi connectivity index (χ4n) is 1.97. The van der Waals surface area contributed by atoms with Crippen LogP contribution < -0.4 is 5.32 Å². The molecular weight excluding hydrogens is 252 g/mol. The molecule has 0 amide bonds. The summed E-state index contributed by atoms with van der Waals surface area (Å²) in [5.74, 6) is 0.225. The molecule has 108 valence electrons. The molecule has 1 saturated heterocycles. The summed E-state index contributed by atoms with van der Waals surface area (Å²) in [6.45, 7) is 8.41. The second-order valence-corrected chi connectivity index (χ2v) is 7.13. The average Bonchev–Trinajstić information content (AvgIpc) is 2.34. The molecular formula is C12H26N2O3S. The molecule has 18 heavy (non-hydrogen) atoms. The first-order valence-electron chi connectivity index (χ1n) is 6.78. The van der Waals surface area contributed by atoms with E-state index in [9.17, 15) is 8.42 Å². The van der Waals surface area contributed by atoms with Crippen molar-refractivity contribution in [1.82, 2.24) is 9.62 Å². The Morgan fingerprint density at radius 2 is 2.17 bits per heavy atom. The van der Waals surface area contributed by atoms with Gasteiger partial charge in [0.1, 0.15) is 0 Å². The van der Waals surface area contributed by atoms with Gasteiger partial charge in [0.25, 0.3) is 0 Å². The summed E-state index contributed by atoms with van der Waals surface area (Å²) in [6.07, 6.45) is 1.58. The molecule has 0 aromatic carbocycles. The first-order valence-corrected chi connectivity index (χ1v) is 8.39. The smallest absolute Gasteiger partial charge is 0.214 e. The molecule has 0 aliphatic carbocycles. The zero-order valence-electron chi connectivity index (χ0n) is 11.7. The van der Waals surface area contributed by atoms with Gasteiger partial charge in [0.2, 0.25) is 10.0 Å². The molecule has 0 spiro atoms. The second-order valence-electron chi connectivity index (χ2n) is 5.04. The normalized spacial score (nSPS) is 22.6.